The van der Waals surface area contributed by atoms with E-state index in [2.05, 4.69) is 11.4 Å². The number of hydrogen-bond acceptors (Lipinski definition) is 2. The zero-order chi connectivity index (χ0) is 13.1. The Hall–Kier alpha value is -2.13. The predicted molar refractivity (Wildman–Crippen MR) is 76.3 cm³/mol. The Morgan fingerprint density at radius 3 is 2.58 bits per heavy atom. The highest BCUT2D eigenvalue weighted by Crippen LogP contribution is 2.23. The van der Waals surface area contributed by atoms with E-state index in [4.69, 9.17) is 0 Å². The topological polar surface area (TPSA) is 32.3 Å². The number of carbonyl (C=O) groups is 1. The van der Waals surface area contributed by atoms with Gasteiger partial charge in [-0.05, 0) is 23.8 Å². The summed E-state index contributed by atoms with van der Waals surface area (Å²) in [4.78, 5) is 14.5. The number of rotatable bonds is 1. The number of hydrogen-bond donors (Lipinski definition) is 1. The zero-order valence-corrected chi connectivity index (χ0v) is 10.7. The number of nitrogens with one attached hydrogen (secondary N) is 1. The van der Waals surface area contributed by atoms with Crippen LogP contribution in [0.1, 0.15) is 15.9 Å². The molecule has 96 valence electrons. The maximum absolute atomic E-state index is 12.6. The first-order valence-electron chi connectivity index (χ1n) is 6.52. The maximum atomic E-state index is 12.6. The van der Waals surface area contributed by atoms with Crippen molar-refractivity contribution in [2.45, 2.75) is 6.54 Å². The first-order valence-corrected chi connectivity index (χ1v) is 6.52. The molecule has 0 unspecified atom stereocenters. The van der Waals surface area contributed by atoms with E-state index in [0.29, 0.717) is 6.54 Å². The molecule has 0 bridgehead atoms. The summed E-state index contributed by atoms with van der Waals surface area (Å²) in [5, 5.41) is 3.35. The van der Waals surface area contributed by atoms with Gasteiger partial charge in [-0.2, -0.15) is 0 Å². The molecular weight excluding hydrogens is 236 g/mol. The molecule has 0 spiro atoms. The fourth-order valence-corrected chi connectivity index (χ4v) is 2.41. The first-order chi connectivity index (χ1) is 9.36. The van der Waals surface area contributed by atoms with Crippen molar-refractivity contribution < 1.29 is 4.79 Å². The Labute approximate surface area is 112 Å². The second-order valence-corrected chi connectivity index (χ2v) is 4.63. The number of fused-ring (bicyclic) bond motifs is 1. The van der Waals surface area contributed by atoms with Crippen LogP contribution < -0.4 is 10.2 Å². The van der Waals surface area contributed by atoms with Crippen molar-refractivity contribution in [1.29, 1.82) is 0 Å². The van der Waals surface area contributed by atoms with Crippen LogP contribution in [0.2, 0.25) is 0 Å². The lowest BCUT2D eigenvalue weighted by atomic mass is 10.1. The second-order valence-electron chi connectivity index (χ2n) is 4.63. The van der Waals surface area contributed by atoms with E-state index in [9.17, 15) is 4.79 Å². The van der Waals surface area contributed by atoms with Crippen LogP contribution in [0.25, 0.3) is 0 Å². The molecule has 0 saturated heterocycles. The van der Waals surface area contributed by atoms with Gasteiger partial charge in [0.15, 0.2) is 0 Å². The van der Waals surface area contributed by atoms with Gasteiger partial charge in [0.1, 0.15) is 0 Å². The number of anilines is 1. The normalized spacial score (nSPS) is 14.6. The van der Waals surface area contributed by atoms with E-state index >= 15 is 0 Å². The van der Waals surface area contributed by atoms with Crippen LogP contribution in [0.3, 0.4) is 0 Å². The van der Waals surface area contributed by atoms with Crippen LogP contribution in [0.4, 0.5) is 5.69 Å². The Morgan fingerprint density at radius 1 is 1.00 bits per heavy atom. The van der Waals surface area contributed by atoms with E-state index in [1.54, 1.807) is 0 Å². The van der Waals surface area contributed by atoms with Crippen LogP contribution >= 0.6 is 0 Å². The standard InChI is InChI=1S/C16H16N2O/c19-16(13-6-2-1-3-7-13)18-11-10-17-12-14-8-4-5-9-15(14)18/h1-9,17H,10-12H2. The molecule has 1 heterocycles. The third kappa shape index (κ3) is 2.37. The molecule has 3 nitrogen and oxygen atoms in total. The monoisotopic (exact) mass is 252 g/mol. The summed E-state index contributed by atoms with van der Waals surface area (Å²) in [6.07, 6.45) is 0. The van der Waals surface area contributed by atoms with Gasteiger partial charge in [-0.1, -0.05) is 36.4 Å². The highest BCUT2D eigenvalue weighted by atomic mass is 16.2. The number of carbonyl (C=O) groups excluding carboxylic acids is 1. The molecular formula is C16H16N2O. The van der Waals surface area contributed by atoms with Crippen LogP contribution in [0.15, 0.2) is 54.6 Å². The smallest absolute Gasteiger partial charge is 0.258 e. The Bertz CT molecular complexity index is 580. The second kappa shape index (κ2) is 5.24. The SMILES string of the molecule is O=C(c1ccccc1)N1CCNCc2ccccc21. The molecule has 1 aliphatic heterocycles. The van der Waals surface area contributed by atoms with Crippen LogP contribution in [-0.4, -0.2) is 19.0 Å². The molecule has 0 saturated carbocycles. The summed E-state index contributed by atoms with van der Waals surface area (Å²) < 4.78 is 0. The zero-order valence-electron chi connectivity index (χ0n) is 10.7. The van der Waals surface area contributed by atoms with Gasteiger partial charge in [0, 0.05) is 30.9 Å². The van der Waals surface area contributed by atoms with E-state index < -0.39 is 0 Å². The van der Waals surface area contributed by atoms with Crippen molar-refractivity contribution in [3.05, 3.63) is 65.7 Å². The molecule has 2 aromatic rings. The highest BCUT2D eigenvalue weighted by molar-refractivity contribution is 6.06. The summed E-state index contributed by atoms with van der Waals surface area (Å²) in [5.41, 5.74) is 2.92. The molecule has 0 aromatic heterocycles. The van der Waals surface area contributed by atoms with Gasteiger partial charge in [-0.25, -0.2) is 0 Å². The molecule has 0 radical (unpaired) electrons. The van der Waals surface area contributed by atoms with Gasteiger partial charge in [-0.15, -0.1) is 0 Å². The lowest BCUT2D eigenvalue weighted by molar-refractivity contribution is 0.0987. The lowest BCUT2D eigenvalue weighted by Crippen LogP contribution is -2.34. The van der Waals surface area contributed by atoms with Crippen molar-refractivity contribution in [3.8, 4) is 0 Å². The molecule has 1 N–H and O–H groups in total. The van der Waals surface area contributed by atoms with Crippen LogP contribution in [0.5, 0.6) is 0 Å². The van der Waals surface area contributed by atoms with Crippen molar-refractivity contribution in [1.82, 2.24) is 5.32 Å². The number of amides is 1. The fraction of sp³-hybridized carbons (Fsp3) is 0.188. The number of nitrogens with zero attached hydrogens (tertiary/aromatic N) is 1. The molecule has 2 aromatic carbocycles. The average molecular weight is 252 g/mol. The Balaban J connectivity index is 1.99. The first kappa shape index (κ1) is 11.9. The largest absolute Gasteiger partial charge is 0.311 e. The van der Waals surface area contributed by atoms with Crippen molar-refractivity contribution in [3.63, 3.8) is 0 Å². The Kier molecular flexibility index (Phi) is 3.29. The maximum Gasteiger partial charge on any atom is 0.258 e. The fourth-order valence-electron chi connectivity index (χ4n) is 2.41. The molecule has 3 rings (SSSR count). The van der Waals surface area contributed by atoms with Crippen molar-refractivity contribution in [2.24, 2.45) is 0 Å². The number of para-hydroxylation sites is 1. The Morgan fingerprint density at radius 2 is 1.74 bits per heavy atom. The van der Waals surface area contributed by atoms with E-state index in [1.807, 2.05) is 53.4 Å². The summed E-state index contributed by atoms with van der Waals surface area (Å²) in [6, 6.07) is 17.5. The minimum Gasteiger partial charge on any atom is -0.311 e. The van der Waals surface area contributed by atoms with Gasteiger partial charge < -0.3 is 10.2 Å². The van der Waals surface area contributed by atoms with Crippen LogP contribution in [0, 0.1) is 0 Å². The molecule has 19 heavy (non-hydrogen) atoms. The summed E-state index contributed by atoms with van der Waals surface area (Å²) in [6.45, 7) is 2.33. The van der Waals surface area contributed by atoms with Crippen molar-refractivity contribution in [2.75, 3.05) is 18.0 Å². The quantitative estimate of drug-likeness (QED) is 0.845. The molecule has 3 heteroatoms. The minimum atomic E-state index is 0.0664. The van der Waals surface area contributed by atoms with Gasteiger partial charge in [0.25, 0.3) is 5.91 Å². The van der Waals surface area contributed by atoms with Gasteiger partial charge in [0.2, 0.25) is 0 Å². The minimum absolute atomic E-state index is 0.0664. The van der Waals surface area contributed by atoms with E-state index in [1.165, 1.54) is 5.56 Å². The van der Waals surface area contributed by atoms with Gasteiger partial charge in [0.05, 0.1) is 0 Å². The summed E-state index contributed by atoms with van der Waals surface area (Å²) in [5.74, 6) is 0.0664. The van der Waals surface area contributed by atoms with Crippen LogP contribution in [-0.2, 0) is 6.54 Å². The summed E-state index contributed by atoms with van der Waals surface area (Å²) in [7, 11) is 0. The lowest BCUT2D eigenvalue weighted by Gasteiger charge is -2.22. The number of benzene rings is 2. The molecule has 1 aliphatic rings. The van der Waals surface area contributed by atoms with E-state index in [-0.39, 0.29) is 5.91 Å². The molecule has 0 fully saturated rings. The third-order valence-corrected chi connectivity index (χ3v) is 3.38. The molecule has 0 atom stereocenters. The van der Waals surface area contributed by atoms with Crippen molar-refractivity contribution >= 4 is 11.6 Å². The average Bonchev–Trinajstić information content (AvgIpc) is 2.70. The molecule has 0 aliphatic carbocycles. The highest BCUT2D eigenvalue weighted by Gasteiger charge is 2.21. The summed E-state index contributed by atoms with van der Waals surface area (Å²) >= 11 is 0. The van der Waals surface area contributed by atoms with Gasteiger partial charge >= 0.3 is 0 Å². The predicted octanol–water partition coefficient (Wildman–Crippen LogP) is 2.44. The van der Waals surface area contributed by atoms with E-state index in [0.717, 1.165) is 24.3 Å². The third-order valence-electron chi connectivity index (χ3n) is 3.38. The molecule has 1 amide bonds. The van der Waals surface area contributed by atoms with Gasteiger partial charge in [-0.3, -0.25) is 4.79 Å².